The summed E-state index contributed by atoms with van der Waals surface area (Å²) in [5.41, 5.74) is -0.156. The van der Waals surface area contributed by atoms with Gasteiger partial charge in [-0.1, -0.05) is 0 Å². The van der Waals surface area contributed by atoms with Crippen LogP contribution in [0.3, 0.4) is 0 Å². The van der Waals surface area contributed by atoms with Crippen LogP contribution < -0.4 is 16.1 Å². The van der Waals surface area contributed by atoms with Crippen LogP contribution in [-0.4, -0.2) is 53.0 Å². The van der Waals surface area contributed by atoms with Crippen LogP contribution in [0.15, 0.2) is 59.1 Å². The SMILES string of the molecule is O=C(NOCCO)c1cc(Br)c(F)c(F)c1Nc1ccc(I)cc1F.O=C(c1ccc(F)c(F)c1Nc1ccc(I)cc1F)N(Cl)OCCO. The zero-order valence-electron chi connectivity index (χ0n) is 24.8. The van der Waals surface area contributed by atoms with Crippen molar-refractivity contribution in [1.29, 1.82) is 0 Å². The van der Waals surface area contributed by atoms with Gasteiger partial charge in [0.25, 0.3) is 11.8 Å². The van der Waals surface area contributed by atoms with Gasteiger partial charge < -0.3 is 20.8 Å². The summed E-state index contributed by atoms with van der Waals surface area (Å²) in [6, 6.07) is 10.9. The first kappa shape index (κ1) is 41.5. The van der Waals surface area contributed by atoms with Crippen molar-refractivity contribution in [3.63, 3.8) is 0 Å². The van der Waals surface area contributed by atoms with E-state index >= 15 is 0 Å². The molecular weight excluding hydrogens is 996 g/mol. The van der Waals surface area contributed by atoms with E-state index in [0.717, 1.165) is 18.2 Å². The normalized spacial score (nSPS) is 10.6. The number of nitrogens with one attached hydrogen (secondary N) is 3. The van der Waals surface area contributed by atoms with E-state index in [2.05, 4.69) is 31.4 Å². The first-order chi connectivity index (χ1) is 23.7. The van der Waals surface area contributed by atoms with Gasteiger partial charge in [0.15, 0.2) is 23.3 Å². The van der Waals surface area contributed by atoms with Gasteiger partial charge in [-0.2, -0.15) is 0 Å². The van der Waals surface area contributed by atoms with E-state index < -0.39 is 64.7 Å². The highest BCUT2D eigenvalue weighted by atomic mass is 127. The molecule has 0 bridgehead atoms. The van der Waals surface area contributed by atoms with Crippen LogP contribution in [0.1, 0.15) is 20.7 Å². The number of amides is 2. The molecule has 0 aliphatic carbocycles. The van der Waals surface area contributed by atoms with Crippen LogP contribution in [0.4, 0.5) is 49.1 Å². The van der Waals surface area contributed by atoms with E-state index in [1.807, 2.05) is 50.7 Å². The molecule has 0 saturated carbocycles. The zero-order valence-corrected chi connectivity index (χ0v) is 31.4. The summed E-state index contributed by atoms with van der Waals surface area (Å²) in [4.78, 5) is 33.7. The number of anilines is 4. The Bertz CT molecular complexity index is 1870. The van der Waals surface area contributed by atoms with Crippen molar-refractivity contribution in [3.8, 4) is 0 Å². The van der Waals surface area contributed by atoms with Crippen molar-refractivity contribution in [2.24, 2.45) is 0 Å². The second-order valence-corrected chi connectivity index (χ2v) is 13.0. The van der Waals surface area contributed by atoms with Gasteiger partial charge >= 0.3 is 0 Å². The van der Waals surface area contributed by atoms with Gasteiger partial charge in [0.05, 0.1) is 64.8 Å². The minimum atomic E-state index is -1.38. The molecule has 0 heterocycles. The highest BCUT2D eigenvalue weighted by molar-refractivity contribution is 14.1. The highest BCUT2D eigenvalue weighted by Crippen LogP contribution is 2.33. The van der Waals surface area contributed by atoms with Gasteiger partial charge in [-0.3, -0.25) is 19.3 Å². The summed E-state index contributed by atoms with van der Waals surface area (Å²) in [5, 5.41) is 22.1. The maximum absolute atomic E-state index is 14.3. The third-order valence-corrected chi connectivity index (χ3v) is 8.10. The lowest BCUT2D eigenvalue weighted by Gasteiger charge is -2.17. The molecule has 4 aromatic carbocycles. The number of hydroxylamine groups is 2. The Kier molecular flexibility index (Phi) is 16.3. The second-order valence-electron chi connectivity index (χ2n) is 9.30. The molecule has 20 heteroatoms. The van der Waals surface area contributed by atoms with Crippen molar-refractivity contribution >= 4 is 107 Å². The van der Waals surface area contributed by atoms with E-state index in [1.165, 1.54) is 24.3 Å². The maximum atomic E-state index is 14.3. The predicted octanol–water partition coefficient (Wildman–Crippen LogP) is 7.84. The molecule has 0 saturated heterocycles. The number of hydrogen-bond donors (Lipinski definition) is 5. The molecule has 0 aliphatic rings. The van der Waals surface area contributed by atoms with Crippen LogP contribution in [-0.2, 0) is 9.68 Å². The molecule has 0 atom stereocenters. The lowest BCUT2D eigenvalue weighted by atomic mass is 10.1. The lowest BCUT2D eigenvalue weighted by Crippen LogP contribution is -2.26. The van der Waals surface area contributed by atoms with Gasteiger partial charge in [0.2, 0.25) is 0 Å². The number of aliphatic hydroxyl groups excluding tert-OH is 2. The number of carbonyl (C=O) groups excluding carboxylic acids is 2. The van der Waals surface area contributed by atoms with Crippen LogP contribution >= 0.6 is 72.9 Å². The van der Waals surface area contributed by atoms with Crippen LogP contribution in [0, 0.1) is 42.0 Å². The average molecular weight is 1020 g/mol. The second kappa shape index (κ2) is 19.6. The fourth-order valence-electron chi connectivity index (χ4n) is 3.69. The van der Waals surface area contributed by atoms with Gasteiger partial charge in [0, 0.05) is 18.9 Å². The zero-order chi connectivity index (χ0) is 37.1. The van der Waals surface area contributed by atoms with Gasteiger partial charge in [-0.05, 0) is 116 Å². The molecule has 4 rings (SSSR count). The summed E-state index contributed by atoms with van der Waals surface area (Å²) < 4.78 is 85.0. The standard InChI is InChI=1S/C15H11BrF3IN2O3.C15H11ClF3IN2O3/c16-9-6-8(15(24)22-25-4-3-23)14(13(19)12(9)18)21-11-2-1-7(20)5-10(11)17;16-22(25-6-5-23)15(24)9-2-3-10(17)13(19)14(9)21-12-4-1-8(20)7-11(12)18/h1-2,5-6,21,23H,3-4H2,(H,22,24);1-4,7,21,23H,5-6H2. The summed E-state index contributed by atoms with van der Waals surface area (Å²) in [5.74, 6) is -8.55. The molecule has 0 radical (unpaired) electrons. The molecule has 10 nitrogen and oxygen atoms in total. The van der Waals surface area contributed by atoms with E-state index in [0.29, 0.717) is 7.14 Å². The molecule has 4 aromatic rings. The Balaban J connectivity index is 0.000000270. The molecule has 5 N–H and O–H groups in total. The van der Waals surface area contributed by atoms with E-state index in [1.54, 1.807) is 12.1 Å². The van der Waals surface area contributed by atoms with E-state index in [9.17, 15) is 35.9 Å². The molecule has 50 heavy (non-hydrogen) atoms. The molecule has 0 fully saturated rings. The number of aliphatic hydroxyl groups is 2. The summed E-state index contributed by atoms with van der Waals surface area (Å²) in [6.07, 6.45) is 0. The molecule has 0 aliphatic heterocycles. The Morgan fingerprint density at radius 3 is 1.80 bits per heavy atom. The number of nitrogens with zero attached hydrogens (tertiary/aromatic N) is 1. The molecule has 0 unspecified atom stereocenters. The van der Waals surface area contributed by atoms with Crippen LogP contribution in [0.2, 0.25) is 0 Å². The van der Waals surface area contributed by atoms with Crippen LogP contribution in [0.25, 0.3) is 0 Å². The van der Waals surface area contributed by atoms with Crippen molar-refractivity contribution in [3.05, 3.63) is 112 Å². The first-order valence-corrected chi connectivity index (χ1v) is 16.9. The minimum Gasteiger partial charge on any atom is -0.394 e. The number of rotatable bonds is 12. The van der Waals surface area contributed by atoms with Gasteiger partial charge in [0.1, 0.15) is 11.6 Å². The Labute approximate surface area is 320 Å². The third-order valence-electron chi connectivity index (χ3n) is 5.93. The lowest BCUT2D eigenvalue weighted by molar-refractivity contribution is -0.0695. The monoisotopic (exact) mass is 1020 g/mol. The Morgan fingerprint density at radius 1 is 0.740 bits per heavy atom. The first-order valence-electron chi connectivity index (χ1n) is 13.6. The van der Waals surface area contributed by atoms with Crippen molar-refractivity contribution in [1.82, 2.24) is 10.1 Å². The summed E-state index contributed by atoms with van der Waals surface area (Å²) in [7, 11) is 0. The molecular formula is C30H22BrClF6I2N4O6. The fourth-order valence-corrected chi connectivity index (χ4v) is 5.16. The van der Waals surface area contributed by atoms with Gasteiger partial charge in [-0.15, -0.1) is 4.58 Å². The van der Waals surface area contributed by atoms with Crippen molar-refractivity contribution < 1.29 is 55.8 Å². The predicted molar refractivity (Wildman–Crippen MR) is 191 cm³/mol. The molecule has 268 valence electrons. The largest absolute Gasteiger partial charge is 0.394 e. The molecule has 0 spiro atoms. The van der Waals surface area contributed by atoms with E-state index in [4.69, 9.17) is 26.8 Å². The Morgan fingerprint density at radius 2 is 1.28 bits per heavy atom. The van der Waals surface area contributed by atoms with Crippen molar-refractivity contribution in [2.75, 3.05) is 37.1 Å². The fraction of sp³-hybridized carbons (Fsp3) is 0.133. The Hall–Kier alpha value is -2.93. The minimum absolute atomic E-state index is 0.133. The smallest absolute Gasteiger partial charge is 0.295 e. The number of hydrogen-bond acceptors (Lipinski definition) is 8. The quantitative estimate of drug-likeness (QED) is 0.0243. The third kappa shape index (κ3) is 11.0. The number of benzene rings is 4. The number of carbonyl (C=O) groups is 2. The molecule has 2 amide bonds. The van der Waals surface area contributed by atoms with Gasteiger partial charge in [-0.25, -0.2) is 31.8 Å². The topological polar surface area (TPSA) is 132 Å². The average Bonchev–Trinajstić information content (AvgIpc) is 3.08. The highest BCUT2D eigenvalue weighted by Gasteiger charge is 2.25. The maximum Gasteiger partial charge on any atom is 0.295 e. The van der Waals surface area contributed by atoms with Crippen LogP contribution in [0.5, 0.6) is 0 Å². The summed E-state index contributed by atoms with van der Waals surface area (Å²) in [6.45, 7) is -1.23. The molecule has 0 aromatic heterocycles. The summed E-state index contributed by atoms with van der Waals surface area (Å²) >= 11 is 12.2. The van der Waals surface area contributed by atoms with E-state index in [-0.39, 0.29) is 51.4 Å². The number of halogens is 10. The van der Waals surface area contributed by atoms with Crippen molar-refractivity contribution in [2.45, 2.75) is 0 Å².